The molecule has 2 aromatic rings. The molecule has 0 atom stereocenters. The Morgan fingerprint density at radius 2 is 2.23 bits per heavy atom. The third-order valence-electron chi connectivity index (χ3n) is 2.50. The van der Waals surface area contributed by atoms with Crippen LogP contribution in [0.3, 0.4) is 0 Å². The lowest BCUT2D eigenvalue weighted by molar-refractivity contribution is 1.09. The molecule has 0 saturated carbocycles. The lowest BCUT2D eigenvalue weighted by Crippen LogP contribution is -1.87. The van der Waals surface area contributed by atoms with Crippen LogP contribution < -0.4 is 5.73 Å². The number of anilines is 1. The van der Waals surface area contributed by atoms with Crippen LogP contribution in [0.5, 0.6) is 0 Å². The van der Waals surface area contributed by atoms with E-state index in [9.17, 15) is 0 Å². The van der Waals surface area contributed by atoms with Crippen molar-refractivity contribution in [1.29, 1.82) is 0 Å². The maximum Gasteiger partial charge on any atom is 0.0688 e. The van der Waals surface area contributed by atoms with Gasteiger partial charge in [0.1, 0.15) is 0 Å². The first-order valence-corrected chi connectivity index (χ1v) is 4.25. The van der Waals surface area contributed by atoms with Crippen molar-refractivity contribution in [3.05, 3.63) is 35.5 Å². The fourth-order valence-electron chi connectivity index (χ4n) is 1.89. The fourth-order valence-corrected chi connectivity index (χ4v) is 1.89. The van der Waals surface area contributed by atoms with E-state index >= 15 is 0 Å². The number of H-pyrrole nitrogens is 1. The maximum atomic E-state index is 5.71. The molecular formula is C10H9N3. The molecule has 1 aliphatic carbocycles. The molecule has 1 aromatic heterocycles. The summed E-state index contributed by atoms with van der Waals surface area (Å²) in [7, 11) is 0. The summed E-state index contributed by atoms with van der Waals surface area (Å²) in [5.74, 6) is 0. The molecule has 0 spiro atoms. The number of nitrogens with zero attached hydrogens (tertiary/aromatic N) is 1. The number of rotatable bonds is 0. The van der Waals surface area contributed by atoms with Crippen molar-refractivity contribution in [2.24, 2.45) is 0 Å². The van der Waals surface area contributed by atoms with Crippen LogP contribution in [0.25, 0.3) is 11.3 Å². The first-order valence-electron chi connectivity index (χ1n) is 4.25. The van der Waals surface area contributed by atoms with E-state index in [-0.39, 0.29) is 0 Å². The summed E-state index contributed by atoms with van der Waals surface area (Å²) in [6, 6.07) is 6.01. The lowest BCUT2D eigenvalue weighted by atomic mass is 10.1. The number of nitrogen functional groups attached to an aromatic ring is 1. The highest BCUT2D eigenvalue weighted by molar-refractivity contribution is 5.74. The van der Waals surface area contributed by atoms with Crippen LogP contribution in [-0.4, -0.2) is 10.2 Å². The van der Waals surface area contributed by atoms with Gasteiger partial charge < -0.3 is 5.73 Å². The van der Waals surface area contributed by atoms with Crippen molar-refractivity contribution in [2.45, 2.75) is 6.42 Å². The van der Waals surface area contributed by atoms with Crippen LogP contribution >= 0.6 is 0 Å². The minimum Gasteiger partial charge on any atom is -0.399 e. The SMILES string of the molecule is Nc1ccc2c(c1)Cc1cn[nH]c1-2. The Labute approximate surface area is 75.6 Å². The van der Waals surface area contributed by atoms with Gasteiger partial charge in [-0.2, -0.15) is 5.10 Å². The van der Waals surface area contributed by atoms with Crippen molar-refractivity contribution in [1.82, 2.24) is 10.2 Å². The number of fused-ring (bicyclic) bond motifs is 3. The molecule has 64 valence electrons. The molecule has 3 nitrogen and oxygen atoms in total. The van der Waals surface area contributed by atoms with E-state index in [1.807, 2.05) is 18.3 Å². The Morgan fingerprint density at radius 3 is 3.15 bits per heavy atom. The van der Waals surface area contributed by atoms with Crippen molar-refractivity contribution < 1.29 is 0 Å². The zero-order valence-electron chi connectivity index (χ0n) is 7.04. The Bertz CT molecular complexity index is 471. The van der Waals surface area contributed by atoms with Gasteiger partial charge in [-0.25, -0.2) is 0 Å². The summed E-state index contributed by atoms with van der Waals surface area (Å²) < 4.78 is 0. The highest BCUT2D eigenvalue weighted by atomic mass is 15.1. The molecule has 0 fully saturated rings. The average Bonchev–Trinajstić information content (AvgIpc) is 2.62. The van der Waals surface area contributed by atoms with Crippen LogP contribution in [0, 0.1) is 0 Å². The highest BCUT2D eigenvalue weighted by Crippen LogP contribution is 2.35. The number of nitrogens with one attached hydrogen (secondary N) is 1. The van der Waals surface area contributed by atoms with Gasteiger partial charge in [-0.3, -0.25) is 5.10 Å². The number of aromatic nitrogens is 2. The van der Waals surface area contributed by atoms with Gasteiger partial charge in [0, 0.05) is 23.2 Å². The minimum atomic E-state index is 0.830. The quantitative estimate of drug-likeness (QED) is 0.504. The zero-order valence-corrected chi connectivity index (χ0v) is 7.04. The molecule has 13 heavy (non-hydrogen) atoms. The van der Waals surface area contributed by atoms with Gasteiger partial charge in [-0.05, 0) is 17.7 Å². The second-order valence-electron chi connectivity index (χ2n) is 3.36. The van der Waals surface area contributed by atoms with E-state index < -0.39 is 0 Å². The molecule has 1 aromatic carbocycles. The summed E-state index contributed by atoms with van der Waals surface area (Å²) >= 11 is 0. The number of hydrogen-bond donors (Lipinski definition) is 2. The first kappa shape index (κ1) is 6.71. The monoisotopic (exact) mass is 171 g/mol. The normalized spacial score (nSPS) is 12.6. The molecule has 3 N–H and O–H groups in total. The van der Waals surface area contributed by atoms with Crippen LogP contribution in [0.1, 0.15) is 11.1 Å². The Balaban J connectivity index is 2.29. The molecule has 3 rings (SSSR count). The van der Waals surface area contributed by atoms with Crippen molar-refractivity contribution in [3.8, 4) is 11.3 Å². The van der Waals surface area contributed by atoms with E-state index in [1.54, 1.807) is 0 Å². The molecule has 0 radical (unpaired) electrons. The van der Waals surface area contributed by atoms with Gasteiger partial charge in [0.05, 0.1) is 11.9 Å². The molecule has 0 bridgehead atoms. The Morgan fingerprint density at radius 1 is 1.31 bits per heavy atom. The highest BCUT2D eigenvalue weighted by Gasteiger charge is 2.19. The van der Waals surface area contributed by atoms with Gasteiger partial charge in [0.25, 0.3) is 0 Å². The molecular weight excluding hydrogens is 162 g/mol. The van der Waals surface area contributed by atoms with E-state index in [0.29, 0.717) is 0 Å². The first-order chi connectivity index (χ1) is 6.34. The number of benzene rings is 1. The summed E-state index contributed by atoms with van der Waals surface area (Å²) in [4.78, 5) is 0. The standard InChI is InChI=1S/C10H9N3/c11-8-1-2-9-6(4-8)3-7-5-12-13-10(7)9/h1-2,4-5H,3,11H2,(H,12,13). The van der Waals surface area contributed by atoms with Crippen molar-refractivity contribution in [2.75, 3.05) is 5.73 Å². The van der Waals surface area contributed by atoms with Gasteiger partial charge in [-0.15, -0.1) is 0 Å². The lowest BCUT2D eigenvalue weighted by Gasteiger charge is -1.99. The van der Waals surface area contributed by atoms with Crippen LogP contribution in [0.4, 0.5) is 5.69 Å². The maximum absolute atomic E-state index is 5.71. The smallest absolute Gasteiger partial charge is 0.0688 e. The minimum absolute atomic E-state index is 0.830. The predicted molar refractivity (Wildman–Crippen MR) is 51.2 cm³/mol. The van der Waals surface area contributed by atoms with Gasteiger partial charge in [-0.1, -0.05) is 6.07 Å². The van der Waals surface area contributed by atoms with E-state index in [4.69, 9.17) is 5.73 Å². The van der Waals surface area contributed by atoms with Gasteiger partial charge >= 0.3 is 0 Å². The topological polar surface area (TPSA) is 54.7 Å². The average molecular weight is 171 g/mol. The predicted octanol–water partition coefficient (Wildman–Crippen LogP) is 1.56. The van der Waals surface area contributed by atoms with Crippen molar-refractivity contribution >= 4 is 5.69 Å². The second kappa shape index (κ2) is 2.13. The molecule has 1 aliphatic rings. The van der Waals surface area contributed by atoms with Gasteiger partial charge in [0.2, 0.25) is 0 Å². The molecule has 0 unspecified atom stereocenters. The molecule has 1 heterocycles. The summed E-state index contributed by atoms with van der Waals surface area (Å²) in [5.41, 5.74) is 11.5. The summed E-state index contributed by atoms with van der Waals surface area (Å²) in [6.07, 6.45) is 2.83. The van der Waals surface area contributed by atoms with E-state index in [0.717, 1.165) is 17.8 Å². The molecule has 0 aliphatic heterocycles. The third-order valence-corrected chi connectivity index (χ3v) is 2.50. The second-order valence-corrected chi connectivity index (χ2v) is 3.36. The van der Waals surface area contributed by atoms with E-state index in [1.165, 1.54) is 16.7 Å². The van der Waals surface area contributed by atoms with Crippen molar-refractivity contribution in [3.63, 3.8) is 0 Å². The van der Waals surface area contributed by atoms with E-state index in [2.05, 4.69) is 16.3 Å². The number of aromatic amines is 1. The number of hydrogen-bond acceptors (Lipinski definition) is 2. The Kier molecular flexibility index (Phi) is 1.10. The van der Waals surface area contributed by atoms with Crippen LogP contribution in [0.15, 0.2) is 24.4 Å². The fraction of sp³-hybridized carbons (Fsp3) is 0.100. The van der Waals surface area contributed by atoms with Crippen LogP contribution in [-0.2, 0) is 6.42 Å². The van der Waals surface area contributed by atoms with Crippen LogP contribution in [0.2, 0.25) is 0 Å². The molecule has 3 heteroatoms. The summed E-state index contributed by atoms with van der Waals surface area (Å²) in [6.45, 7) is 0. The van der Waals surface area contributed by atoms with Gasteiger partial charge in [0.15, 0.2) is 0 Å². The third kappa shape index (κ3) is 0.811. The molecule has 0 saturated heterocycles. The number of nitrogens with two attached hydrogens (primary N) is 1. The Hall–Kier alpha value is -1.77. The largest absolute Gasteiger partial charge is 0.399 e. The summed E-state index contributed by atoms with van der Waals surface area (Å²) in [5, 5.41) is 7.01. The molecule has 0 amide bonds. The zero-order chi connectivity index (χ0) is 8.84.